The number of urea groups is 1. The Morgan fingerprint density at radius 2 is 1.57 bits per heavy atom. The number of para-hydroxylation sites is 1. The lowest BCUT2D eigenvalue weighted by molar-refractivity contribution is -0.137. The van der Waals surface area contributed by atoms with Gasteiger partial charge in [0.2, 0.25) is 11.8 Å². The highest BCUT2D eigenvalue weighted by atomic mass is 16.2. The normalized spacial score (nSPS) is 21.4. The number of amides is 5. The molecule has 1 unspecified atom stereocenters. The Hall–Kier alpha value is -3.68. The summed E-state index contributed by atoms with van der Waals surface area (Å²) in [6, 6.07) is 14.5. The Bertz CT molecular complexity index is 1170. The van der Waals surface area contributed by atoms with E-state index in [9.17, 15) is 19.2 Å². The molecule has 2 aromatic carbocycles. The maximum Gasteiger partial charge on any atom is 0.332 e. The average molecular weight is 475 g/mol. The van der Waals surface area contributed by atoms with Crippen molar-refractivity contribution < 1.29 is 19.2 Å². The predicted octanol–water partition coefficient (Wildman–Crippen LogP) is 3.12. The highest BCUT2D eigenvalue weighted by Crippen LogP contribution is 2.30. The van der Waals surface area contributed by atoms with Gasteiger partial charge in [-0.2, -0.15) is 0 Å². The molecule has 0 N–H and O–H groups in total. The van der Waals surface area contributed by atoms with E-state index in [1.807, 2.05) is 43.0 Å². The molecule has 8 nitrogen and oxygen atoms in total. The smallest absolute Gasteiger partial charge is 0.332 e. The van der Waals surface area contributed by atoms with Crippen molar-refractivity contribution in [2.45, 2.75) is 39.2 Å². The van der Waals surface area contributed by atoms with E-state index in [2.05, 4.69) is 0 Å². The number of hydrogen-bond acceptors (Lipinski definition) is 4. The van der Waals surface area contributed by atoms with Crippen LogP contribution in [0.5, 0.6) is 0 Å². The molecular formula is C27H30N4O4. The van der Waals surface area contributed by atoms with E-state index in [1.54, 1.807) is 34.1 Å². The first-order chi connectivity index (χ1) is 16.8. The molecule has 0 aromatic heterocycles. The molecule has 3 saturated heterocycles. The van der Waals surface area contributed by atoms with Crippen LogP contribution >= 0.6 is 0 Å². The number of likely N-dealkylation sites (tertiary alicyclic amines) is 1. The van der Waals surface area contributed by atoms with Crippen LogP contribution in [-0.2, 0) is 14.4 Å². The Kier molecular flexibility index (Phi) is 6.05. The van der Waals surface area contributed by atoms with Gasteiger partial charge in [0.1, 0.15) is 6.54 Å². The summed E-state index contributed by atoms with van der Waals surface area (Å²) in [6.45, 7) is 5.54. The minimum atomic E-state index is -0.357. The molecule has 2 aromatic rings. The van der Waals surface area contributed by atoms with Crippen LogP contribution in [0.15, 0.2) is 48.5 Å². The lowest BCUT2D eigenvalue weighted by Gasteiger charge is -2.37. The molecule has 0 aliphatic carbocycles. The SMILES string of the molecule is Cc1ccc(N2CC(C(=O)N3CCC(N4CC(=O)N(c5ccccc5)C4=O)CC3)CC2=O)cc1C. The van der Waals surface area contributed by atoms with Crippen molar-refractivity contribution in [2.24, 2.45) is 5.92 Å². The molecule has 8 heteroatoms. The number of imide groups is 1. The fourth-order valence-corrected chi connectivity index (χ4v) is 5.31. The van der Waals surface area contributed by atoms with Gasteiger partial charge in [0.05, 0.1) is 11.6 Å². The topological polar surface area (TPSA) is 81.2 Å². The highest BCUT2D eigenvalue weighted by Gasteiger charge is 2.43. The van der Waals surface area contributed by atoms with Gasteiger partial charge in [-0.05, 0) is 62.1 Å². The molecule has 3 fully saturated rings. The van der Waals surface area contributed by atoms with Crippen LogP contribution in [0.25, 0.3) is 0 Å². The van der Waals surface area contributed by atoms with E-state index >= 15 is 0 Å². The molecule has 1 atom stereocenters. The summed E-state index contributed by atoms with van der Waals surface area (Å²) in [5, 5.41) is 0. The standard InChI is InChI=1S/C27H30N4O4/c1-18-8-9-23(14-19(18)2)29-16-20(15-24(29)32)26(34)28-12-10-21(11-13-28)30-17-25(33)31(27(30)35)22-6-4-3-5-7-22/h3-9,14,20-21H,10-13,15-17H2,1-2H3. The van der Waals surface area contributed by atoms with Crippen molar-refractivity contribution in [1.29, 1.82) is 0 Å². The Morgan fingerprint density at radius 1 is 0.857 bits per heavy atom. The first-order valence-corrected chi connectivity index (χ1v) is 12.2. The van der Waals surface area contributed by atoms with Gasteiger partial charge in [0, 0.05) is 37.8 Å². The third-order valence-electron chi connectivity index (χ3n) is 7.50. The second-order valence-electron chi connectivity index (χ2n) is 9.71. The molecule has 3 aliphatic heterocycles. The van der Waals surface area contributed by atoms with E-state index in [-0.39, 0.29) is 48.7 Å². The Balaban J connectivity index is 1.19. The van der Waals surface area contributed by atoms with E-state index in [0.717, 1.165) is 11.3 Å². The van der Waals surface area contributed by atoms with E-state index < -0.39 is 0 Å². The second-order valence-corrected chi connectivity index (χ2v) is 9.71. The Morgan fingerprint density at radius 3 is 2.26 bits per heavy atom. The summed E-state index contributed by atoms with van der Waals surface area (Å²) < 4.78 is 0. The zero-order valence-electron chi connectivity index (χ0n) is 20.1. The lowest BCUT2D eigenvalue weighted by atomic mass is 10.0. The van der Waals surface area contributed by atoms with Crippen LogP contribution in [0.4, 0.5) is 16.2 Å². The maximum absolute atomic E-state index is 13.2. The highest BCUT2D eigenvalue weighted by molar-refractivity contribution is 6.19. The van der Waals surface area contributed by atoms with E-state index in [0.29, 0.717) is 38.2 Å². The quantitative estimate of drug-likeness (QED) is 0.638. The number of carbonyl (C=O) groups excluding carboxylic acids is 4. The molecule has 0 bridgehead atoms. The van der Waals surface area contributed by atoms with Gasteiger partial charge in [-0.3, -0.25) is 14.4 Å². The van der Waals surface area contributed by atoms with Crippen molar-refractivity contribution in [3.8, 4) is 0 Å². The van der Waals surface area contributed by atoms with Gasteiger partial charge >= 0.3 is 6.03 Å². The number of carbonyl (C=O) groups is 4. The van der Waals surface area contributed by atoms with Crippen LogP contribution < -0.4 is 9.80 Å². The number of nitrogens with zero attached hydrogens (tertiary/aromatic N) is 4. The molecule has 5 rings (SSSR count). The molecule has 0 saturated carbocycles. The number of anilines is 2. The van der Waals surface area contributed by atoms with Crippen molar-refractivity contribution >= 4 is 35.1 Å². The molecule has 182 valence electrons. The molecule has 0 radical (unpaired) electrons. The number of rotatable bonds is 4. The van der Waals surface area contributed by atoms with Gasteiger partial charge in [-0.25, -0.2) is 9.69 Å². The van der Waals surface area contributed by atoms with E-state index in [1.165, 1.54) is 10.5 Å². The third-order valence-corrected chi connectivity index (χ3v) is 7.50. The summed E-state index contributed by atoms with van der Waals surface area (Å²) >= 11 is 0. The minimum Gasteiger partial charge on any atom is -0.342 e. The largest absolute Gasteiger partial charge is 0.342 e. The summed E-state index contributed by atoms with van der Waals surface area (Å²) in [5.41, 5.74) is 3.71. The number of benzene rings is 2. The average Bonchev–Trinajstić information content (AvgIpc) is 3.40. The first-order valence-electron chi connectivity index (χ1n) is 12.2. The lowest BCUT2D eigenvalue weighted by Crippen LogP contribution is -2.49. The van der Waals surface area contributed by atoms with Crippen molar-refractivity contribution in [1.82, 2.24) is 9.80 Å². The molecule has 0 spiro atoms. The fraction of sp³-hybridized carbons (Fsp3) is 0.407. The third kappa shape index (κ3) is 4.29. The summed E-state index contributed by atoms with van der Waals surface area (Å²) in [6.07, 6.45) is 1.46. The van der Waals surface area contributed by atoms with Gasteiger partial charge in [-0.15, -0.1) is 0 Å². The van der Waals surface area contributed by atoms with Crippen LogP contribution in [0, 0.1) is 19.8 Å². The van der Waals surface area contributed by atoms with Gasteiger partial charge in [0.15, 0.2) is 0 Å². The number of aryl methyl sites for hydroxylation is 2. The zero-order chi connectivity index (χ0) is 24.7. The van der Waals surface area contributed by atoms with Crippen LogP contribution in [0.3, 0.4) is 0 Å². The molecule has 3 aliphatic rings. The van der Waals surface area contributed by atoms with Crippen molar-refractivity contribution in [3.05, 3.63) is 59.7 Å². The van der Waals surface area contributed by atoms with Crippen LogP contribution in [0.2, 0.25) is 0 Å². The molecule has 5 amide bonds. The zero-order valence-corrected chi connectivity index (χ0v) is 20.1. The molecular weight excluding hydrogens is 444 g/mol. The maximum atomic E-state index is 13.2. The van der Waals surface area contributed by atoms with Crippen LogP contribution in [0.1, 0.15) is 30.4 Å². The first kappa shape index (κ1) is 23.1. The Labute approximate surface area is 205 Å². The monoisotopic (exact) mass is 474 g/mol. The summed E-state index contributed by atoms with van der Waals surface area (Å²) in [7, 11) is 0. The predicted molar refractivity (Wildman–Crippen MR) is 132 cm³/mol. The number of piperidine rings is 1. The van der Waals surface area contributed by atoms with E-state index in [4.69, 9.17) is 0 Å². The van der Waals surface area contributed by atoms with Crippen molar-refractivity contribution in [2.75, 3.05) is 36.0 Å². The van der Waals surface area contributed by atoms with Gasteiger partial charge in [-0.1, -0.05) is 24.3 Å². The van der Waals surface area contributed by atoms with Crippen LogP contribution in [-0.4, -0.2) is 65.8 Å². The second kappa shape index (κ2) is 9.17. The summed E-state index contributed by atoms with van der Waals surface area (Å²) in [4.78, 5) is 57.9. The van der Waals surface area contributed by atoms with Crippen molar-refractivity contribution in [3.63, 3.8) is 0 Å². The fourth-order valence-electron chi connectivity index (χ4n) is 5.31. The minimum absolute atomic E-state index is 0.00197. The molecule has 3 heterocycles. The van der Waals surface area contributed by atoms with Gasteiger partial charge in [0.25, 0.3) is 5.91 Å². The molecule has 35 heavy (non-hydrogen) atoms. The summed E-state index contributed by atoms with van der Waals surface area (Å²) in [5.74, 6) is -0.610. The number of hydrogen-bond donors (Lipinski definition) is 0. The van der Waals surface area contributed by atoms with Gasteiger partial charge < -0.3 is 14.7 Å².